The topological polar surface area (TPSA) is 65.8 Å². The van der Waals surface area contributed by atoms with Gasteiger partial charge in [-0.05, 0) is 31.2 Å². The predicted molar refractivity (Wildman–Crippen MR) is 90.6 cm³/mol. The zero-order chi connectivity index (χ0) is 18.7. The molecule has 1 aromatic carbocycles. The standard InChI is InChI=1S/C18H19F2N3O3/c1-12(17(24)21-16-13(19)4-2-5-14(16)20)22-7-9-23(10-8-22)18(25)15-6-3-11-26-15/h2-6,11-12H,7-10H2,1H3,(H,21,24). The minimum absolute atomic E-state index is 0.194. The van der Waals surface area contributed by atoms with Crippen LogP contribution < -0.4 is 5.32 Å². The maximum atomic E-state index is 13.7. The van der Waals surface area contributed by atoms with Crippen molar-refractivity contribution in [3.63, 3.8) is 0 Å². The predicted octanol–water partition coefficient (Wildman–Crippen LogP) is 2.34. The van der Waals surface area contributed by atoms with E-state index in [9.17, 15) is 18.4 Å². The van der Waals surface area contributed by atoms with Gasteiger partial charge in [0.2, 0.25) is 5.91 Å². The zero-order valence-corrected chi connectivity index (χ0v) is 14.2. The normalized spacial score (nSPS) is 16.3. The average molecular weight is 363 g/mol. The number of piperazine rings is 1. The number of nitrogens with zero attached hydrogens (tertiary/aromatic N) is 2. The van der Waals surface area contributed by atoms with Gasteiger partial charge in [0.25, 0.3) is 5.91 Å². The van der Waals surface area contributed by atoms with Crippen molar-refractivity contribution in [2.75, 3.05) is 31.5 Å². The second-order valence-corrected chi connectivity index (χ2v) is 6.07. The van der Waals surface area contributed by atoms with Gasteiger partial charge in [-0.15, -0.1) is 0 Å². The molecule has 1 aliphatic rings. The van der Waals surface area contributed by atoms with Crippen molar-refractivity contribution in [2.45, 2.75) is 13.0 Å². The van der Waals surface area contributed by atoms with Crippen LogP contribution in [0.5, 0.6) is 0 Å². The Balaban J connectivity index is 1.57. The van der Waals surface area contributed by atoms with Crippen molar-refractivity contribution in [2.24, 2.45) is 0 Å². The molecule has 0 saturated carbocycles. The molecule has 2 amide bonds. The molecular weight excluding hydrogens is 344 g/mol. The molecule has 138 valence electrons. The Labute approximate surface area is 149 Å². The number of furan rings is 1. The maximum absolute atomic E-state index is 13.7. The first-order valence-corrected chi connectivity index (χ1v) is 8.29. The smallest absolute Gasteiger partial charge is 0.289 e. The Bertz CT molecular complexity index is 767. The Morgan fingerprint density at radius 3 is 2.31 bits per heavy atom. The van der Waals surface area contributed by atoms with Crippen LogP contribution in [-0.2, 0) is 4.79 Å². The van der Waals surface area contributed by atoms with E-state index in [1.165, 1.54) is 12.3 Å². The van der Waals surface area contributed by atoms with E-state index in [1.807, 2.05) is 4.90 Å². The Kier molecular flexibility index (Phi) is 5.32. The summed E-state index contributed by atoms with van der Waals surface area (Å²) in [6, 6.07) is 6.07. The van der Waals surface area contributed by atoms with Crippen LogP contribution in [0.25, 0.3) is 0 Å². The lowest BCUT2D eigenvalue weighted by atomic mass is 10.2. The summed E-state index contributed by atoms with van der Waals surface area (Å²) in [7, 11) is 0. The van der Waals surface area contributed by atoms with Gasteiger partial charge >= 0.3 is 0 Å². The van der Waals surface area contributed by atoms with E-state index in [-0.39, 0.29) is 11.7 Å². The number of rotatable bonds is 4. The van der Waals surface area contributed by atoms with Gasteiger partial charge in [-0.1, -0.05) is 6.07 Å². The number of carbonyl (C=O) groups excluding carboxylic acids is 2. The summed E-state index contributed by atoms with van der Waals surface area (Å²) in [4.78, 5) is 28.1. The average Bonchev–Trinajstić information content (AvgIpc) is 3.18. The first-order valence-electron chi connectivity index (χ1n) is 8.29. The first-order chi connectivity index (χ1) is 12.5. The van der Waals surface area contributed by atoms with Crippen molar-refractivity contribution in [3.8, 4) is 0 Å². The van der Waals surface area contributed by atoms with E-state index >= 15 is 0 Å². The van der Waals surface area contributed by atoms with Gasteiger partial charge in [-0.2, -0.15) is 0 Å². The Hall–Kier alpha value is -2.74. The monoisotopic (exact) mass is 363 g/mol. The molecule has 0 bridgehead atoms. The third-order valence-corrected chi connectivity index (χ3v) is 4.47. The molecule has 1 atom stereocenters. The largest absolute Gasteiger partial charge is 0.459 e. The molecule has 1 saturated heterocycles. The van der Waals surface area contributed by atoms with Crippen LogP contribution in [0.1, 0.15) is 17.5 Å². The van der Waals surface area contributed by atoms with Gasteiger partial charge in [0.1, 0.15) is 17.3 Å². The summed E-state index contributed by atoms with van der Waals surface area (Å²) >= 11 is 0. The molecule has 2 aromatic rings. The lowest BCUT2D eigenvalue weighted by molar-refractivity contribution is -0.121. The molecule has 2 heterocycles. The molecule has 3 rings (SSSR count). The molecule has 0 spiro atoms. The third-order valence-electron chi connectivity index (χ3n) is 4.47. The van der Waals surface area contributed by atoms with E-state index in [0.717, 1.165) is 12.1 Å². The van der Waals surface area contributed by atoms with Crippen molar-refractivity contribution in [1.29, 1.82) is 0 Å². The molecule has 0 radical (unpaired) electrons. The maximum Gasteiger partial charge on any atom is 0.289 e. The summed E-state index contributed by atoms with van der Waals surface area (Å²) in [5.74, 6) is -2.06. The Morgan fingerprint density at radius 1 is 1.08 bits per heavy atom. The van der Waals surface area contributed by atoms with Crippen LogP contribution >= 0.6 is 0 Å². The lowest BCUT2D eigenvalue weighted by Gasteiger charge is -2.37. The molecule has 1 N–H and O–H groups in total. The van der Waals surface area contributed by atoms with Crippen LogP contribution in [0.3, 0.4) is 0 Å². The Morgan fingerprint density at radius 2 is 1.73 bits per heavy atom. The van der Waals surface area contributed by atoms with Gasteiger partial charge in [0, 0.05) is 26.2 Å². The number of hydrogen-bond acceptors (Lipinski definition) is 4. The zero-order valence-electron chi connectivity index (χ0n) is 14.2. The molecule has 1 unspecified atom stereocenters. The third kappa shape index (κ3) is 3.75. The van der Waals surface area contributed by atoms with E-state index in [2.05, 4.69) is 5.32 Å². The lowest BCUT2D eigenvalue weighted by Crippen LogP contribution is -2.54. The quantitative estimate of drug-likeness (QED) is 0.906. The summed E-state index contributed by atoms with van der Waals surface area (Å²) in [6.07, 6.45) is 1.44. The highest BCUT2D eigenvalue weighted by atomic mass is 19.1. The van der Waals surface area contributed by atoms with Gasteiger partial charge in [0.15, 0.2) is 5.76 Å². The van der Waals surface area contributed by atoms with E-state index < -0.39 is 29.3 Å². The number of anilines is 1. The number of nitrogens with one attached hydrogen (secondary N) is 1. The fourth-order valence-corrected chi connectivity index (χ4v) is 2.88. The fraction of sp³-hybridized carbons (Fsp3) is 0.333. The van der Waals surface area contributed by atoms with Gasteiger partial charge in [-0.3, -0.25) is 14.5 Å². The van der Waals surface area contributed by atoms with Crippen LogP contribution in [0.4, 0.5) is 14.5 Å². The number of hydrogen-bond donors (Lipinski definition) is 1. The second kappa shape index (κ2) is 7.65. The number of amides is 2. The van der Waals surface area contributed by atoms with E-state index in [4.69, 9.17) is 4.42 Å². The second-order valence-electron chi connectivity index (χ2n) is 6.07. The molecule has 1 aliphatic heterocycles. The van der Waals surface area contributed by atoms with Gasteiger partial charge < -0.3 is 14.6 Å². The highest BCUT2D eigenvalue weighted by Gasteiger charge is 2.29. The van der Waals surface area contributed by atoms with Crippen molar-refractivity contribution in [3.05, 3.63) is 54.0 Å². The summed E-state index contributed by atoms with van der Waals surface area (Å²) in [5.41, 5.74) is -0.448. The van der Waals surface area contributed by atoms with Crippen LogP contribution in [-0.4, -0.2) is 53.8 Å². The SMILES string of the molecule is CC(C(=O)Nc1c(F)cccc1F)N1CCN(C(=O)c2ccco2)CC1. The summed E-state index contributed by atoms with van der Waals surface area (Å²) < 4.78 is 32.4. The number of halogens is 2. The minimum Gasteiger partial charge on any atom is -0.459 e. The summed E-state index contributed by atoms with van der Waals surface area (Å²) in [5, 5.41) is 2.31. The van der Waals surface area contributed by atoms with Crippen LogP contribution in [0, 0.1) is 11.6 Å². The molecule has 1 fully saturated rings. The van der Waals surface area contributed by atoms with Crippen molar-refractivity contribution in [1.82, 2.24) is 9.80 Å². The molecule has 26 heavy (non-hydrogen) atoms. The molecular formula is C18H19F2N3O3. The van der Waals surface area contributed by atoms with Gasteiger partial charge in [-0.25, -0.2) is 8.78 Å². The summed E-state index contributed by atoms with van der Waals surface area (Å²) in [6.45, 7) is 3.48. The van der Waals surface area contributed by atoms with E-state index in [0.29, 0.717) is 26.2 Å². The molecule has 6 nitrogen and oxygen atoms in total. The number of para-hydroxylation sites is 1. The van der Waals surface area contributed by atoms with Crippen LogP contribution in [0.15, 0.2) is 41.0 Å². The van der Waals surface area contributed by atoms with Crippen molar-refractivity contribution >= 4 is 17.5 Å². The van der Waals surface area contributed by atoms with Gasteiger partial charge in [0.05, 0.1) is 12.3 Å². The highest BCUT2D eigenvalue weighted by molar-refractivity contribution is 5.95. The highest BCUT2D eigenvalue weighted by Crippen LogP contribution is 2.19. The van der Waals surface area contributed by atoms with Crippen LogP contribution in [0.2, 0.25) is 0 Å². The number of carbonyl (C=O) groups is 2. The molecule has 0 aliphatic carbocycles. The molecule has 8 heteroatoms. The fourth-order valence-electron chi connectivity index (χ4n) is 2.88. The molecule has 1 aromatic heterocycles. The number of benzene rings is 1. The first kappa shape index (κ1) is 18.1. The minimum atomic E-state index is -0.820. The van der Waals surface area contributed by atoms with E-state index in [1.54, 1.807) is 24.0 Å². The van der Waals surface area contributed by atoms with Crippen molar-refractivity contribution < 1.29 is 22.8 Å².